The fraction of sp³-hybridized carbons (Fsp3) is 0.684. The Morgan fingerprint density at radius 2 is 1.79 bits per heavy atom. The van der Waals surface area contributed by atoms with Crippen LogP contribution >= 0.6 is 23.2 Å². The highest BCUT2D eigenvalue weighted by molar-refractivity contribution is 6.42. The van der Waals surface area contributed by atoms with E-state index < -0.39 is 5.60 Å². The maximum Gasteiger partial charge on any atom is 0.0728 e. The highest BCUT2D eigenvalue weighted by Gasteiger charge is 2.40. The quantitative estimate of drug-likeness (QED) is 0.834. The molecule has 1 aromatic rings. The Morgan fingerprint density at radius 3 is 2.42 bits per heavy atom. The molecule has 0 radical (unpaired) electrons. The van der Waals surface area contributed by atoms with Crippen molar-refractivity contribution in [3.8, 4) is 0 Å². The van der Waals surface area contributed by atoms with Crippen molar-refractivity contribution in [1.82, 2.24) is 4.90 Å². The lowest BCUT2D eigenvalue weighted by molar-refractivity contribution is -0.0324. The maximum absolute atomic E-state index is 11.4. The Bertz CT molecular complexity index is 552. The predicted molar refractivity (Wildman–Crippen MR) is 101 cm³/mol. The summed E-state index contributed by atoms with van der Waals surface area (Å²) in [4.78, 5) is 2.45. The number of nitrogens with zero attached hydrogens (tertiary/aromatic N) is 1. The third kappa shape index (κ3) is 4.25. The van der Waals surface area contributed by atoms with E-state index in [-0.39, 0.29) is 5.92 Å². The summed E-state index contributed by atoms with van der Waals surface area (Å²) in [6.07, 6.45) is 7.21. The van der Waals surface area contributed by atoms with Gasteiger partial charge in [-0.2, -0.15) is 0 Å². The Balaban J connectivity index is 1.84. The van der Waals surface area contributed by atoms with Crippen molar-refractivity contribution in [1.29, 1.82) is 0 Å². The van der Waals surface area contributed by atoms with Gasteiger partial charge in [0.15, 0.2) is 0 Å². The van der Waals surface area contributed by atoms with E-state index in [0.717, 1.165) is 63.7 Å². The third-order valence-electron chi connectivity index (χ3n) is 5.79. The molecule has 2 fully saturated rings. The number of hydrogen-bond acceptors (Lipinski definition) is 3. The highest BCUT2D eigenvalue weighted by atomic mass is 35.5. The van der Waals surface area contributed by atoms with Crippen LogP contribution < -0.4 is 5.73 Å². The normalized spacial score (nSPS) is 24.0. The minimum Gasteiger partial charge on any atom is -0.389 e. The molecule has 1 aromatic carbocycles. The molecule has 24 heavy (non-hydrogen) atoms. The van der Waals surface area contributed by atoms with Gasteiger partial charge in [0.25, 0.3) is 0 Å². The average molecular weight is 371 g/mol. The van der Waals surface area contributed by atoms with Gasteiger partial charge < -0.3 is 15.7 Å². The topological polar surface area (TPSA) is 49.5 Å². The van der Waals surface area contributed by atoms with E-state index in [4.69, 9.17) is 28.9 Å². The van der Waals surface area contributed by atoms with Gasteiger partial charge in [-0.25, -0.2) is 0 Å². The van der Waals surface area contributed by atoms with Gasteiger partial charge >= 0.3 is 0 Å². The second-order valence-corrected chi connectivity index (χ2v) is 8.34. The largest absolute Gasteiger partial charge is 0.389 e. The number of nitrogens with two attached hydrogens (primary N) is 1. The molecule has 134 valence electrons. The van der Waals surface area contributed by atoms with E-state index in [1.807, 2.05) is 18.2 Å². The molecule has 3 nitrogen and oxygen atoms in total. The van der Waals surface area contributed by atoms with Crippen LogP contribution in [0.15, 0.2) is 18.2 Å². The molecule has 0 aromatic heterocycles. The van der Waals surface area contributed by atoms with Crippen molar-refractivity contribution < 1.29 is 5.11 Å². The molecule has 0 amide bonds. The summed E-state index contributed by atoms with van der Waals surface area (Å²) in [5.74, 6) is 0.0712. The summed E-state index contributed by atoms with van der Waals surface area (Å²) >= 11 is 12.4. The lowest BCUT2D eigenvalue weighted by Gasteiger charge is -2.43. The van der Waals surface area contributed by atoms with Crippen LogP contribution in [0.25, 0.3) is 0 Å². The molecule has 1 saturated carbocycles. The molecule has 1 unspecified atom stereocenters. The first kappa shape index (κ1) is 18.5. The fourth-order valence-electron chi connectivity index (χ4n) is 4.22. The standard InChI is InChI=1S/C19H28Cl2N2O/c20-17-5-4-14(12-18(17)21)16(19(24)8-2-1-3-9-19)13-23-10-6-15(22)7-11-23/h4-5,12,15-16,24H,1-3,6-11,13,22H2. The Morgan fingerprint density at radius 1 is 1.12 bits per heavy atom. The smallest absolute Gasteiger partial charge is 0.0728 e. The summed E-state index contributed by atoms with van der Waals surface area (Å²) in [5.41, 5.74) is 6.49. The van der Waals surface area contributed by atoms with Gasteiger partial charge in [-0.05, 0) is 56.5 Å². The summed E-state index contributed by atoms with van der Waals surface area (Å²) in [7, 11) is 0. The molecular formula is C19H28Cl2N2O. The molecular weight excluding hydrogens is 343 g/mol. The molecule has 1 atom stereocenters. The first-order chi connectivity index (χ1) is 11.5. The number of hydrogen-bond donors (Lipinski definition) is 2. The van der Waals surface area contributed by atoms with Crippen LogP contribution in [0.2, 0.25) is 10.0 Å². The van der Waals surface area contributed by atoms with E-state index in [1.54, 1.807) is 0 Å². The summed E-state index contributed by atoms with van der Waals surface area (Å²) in [5, 5.41) is 12.5. The second-order valence-electron chi connectivity index (χ2n) is 7.53. The van der Waals surface area contributed by atoms with Crippen LogP contribution in [-0.2, 0) is 0 Å². The van der Waals surface area contributed by atoms with E-state index in [2.05, 4.69) is 4.90 Å². The highest BCUT2D eigenvalue weighted by Crippen LogP contribution is 2.42. The number of piperidine rings is 1. The first-order valence-corrected chi connectivity index (χ1v) is 9.89. The minimum atomic E-state index is -0.644. The van der Waals surface area contributed by atoms with Crippen molar-refractivity contribution in [3.63, 3.8) is 0 Å². The van der Waals surface area contributed by atoms with Crippen molar-refractivity contribution in [2.45, 2.75) is 62.5 Å². The van der Waals surface area contributed by atoms with Gasteiger partial charge in [0, 0.05) is 18.5 Å². The maximum atomic E-state index is 11.4. The molecule has 1 heterocycles. The number of rotatable bonds is 4. The SMILES string of the molecule is NC1CCN(CC(c2ccc(Cl)c(Cl)c2)C2(O)CCCCC2)CC1. The number of benzene rings is 1. The van der Waals surface area contributed by atoms with Crippen LogP contribution in [-0.4, -0.2) is 41.3 Å². The summed E-state index contributed by atoms with van der Waals surface area (Å²) in [6, 6.07) is 6.14. The molecule has 1 aliphatic carbocycles. The predicted octanol–water partition coefficient (Wildman–Crippen LogP) is 4.20. The number of aliphatic hydroxyl groups is 1. The zero-order valence-electron chi connectivity index (χ0n) is 14.2. The number of likely N-dealkylation sites (tertiary alicyclic amines) is 1. The monoisotopic (exact) mass is 370 g/mol. The lowest BCUT2D eigenvalue weighted by atomic mass is 9.72. The van der Waals surface area contributed by atoms with Crippen molar-refractivity contribution in [2.24, 2.45) is 5.73 Å². The number of halogens is 2. The average Bonchev–Trinajstić information content (AvgIpc) is 2.57. The molecule has 3 N–H and O–H groups in total. The third-order valence-corrected chi connectivity index (χ3v) is 6.53. The van der Waals surface area contributed by atoms with E-state index in [1.165, 1.54) is 6.42 Å². The Hall–Kier alpha value is -0.320. The Kier molecular flexibility index (Phi) is 6.10. The van der Waals surface area contributed by atoms with Crippen molar-refractivity contribution >= 4 is 23.2 Å². The molecule has 3 rings (SSSR count). The van der Waals surface area contributed by atoms with Gasteiger partial charge in [-0.1, -0.05) is 48.5 Å². The lowest BCUT2D eigenvalue weighted by Crippen LogP contribution is -2.47. The minimum absolute atomic E-state index is 0.0712. The van der Waals surface area contributed by atoms with Crippen LogP contribution in [0.1, 0.15) is 56.4 Å². The van der Waals surface area contributed by atoms with Crippen LogP contribution in [0.5, 0.6) is 0 Å². The van der Waals surface area contributed by atoms with Gasteiger partial charge in [-0.15, -0.1) is 0 Å². The van der Waals surface area contributed by atoms with E-state index in [9.17, 15) is 5.11 Å². The van der Waals surface area contributed by atoms with Crippen LogP contribution in [0.4, 0.5) is 0 Å². The van der Waals surface area contributed by atoms with Gasteiger partial charge in [0.2, 0.25) is 0 Å². The fourth-order valence-corrected chi connectivity index (χ4v) is 4.53. The molecule has 5 heteroatoms. The van der Waals surface area contributed by atoms with E-state index in [0.29, 0.717) is 16.1 Å². The summed E-state index contributed by atoms with van der Waals surface area (Å²) in [6.45, 7) is 2.88. The van der Waals surface area contributed by atoms with E-state index >= 15 is 0 Å². The second kappa shape index (κ2) is 7.92. The van der Waals surface area contributed by atoms with Gasteiger partial charge in [0.05, 0.1) is 15.6 Å². The van der Waals surface area contributed by atoms with Gasteiger partial charge in [-0.3, -0.25) is 0 Å². The zero-order valence-corrected chi connectivity index (χ0v) is 15.7. The van der Waals surface area contributed by atoms with Crippen molar-refractivity contribution in [3.05, 3.63) is 33.8 Å². The van der Waals surface area contributed by atoms with Crippen molar-refractivity contribution in [2.75, 3.05) is 19.6 Å². The molecule has 1 saturated heterocycles. The zero-order chi connectivity index (χ0) is 17.2. The molecule has 1 aliphatic heterocycles. The molecule has 2 aliphatic rings. The van der Waals surface area contributed by atoms with Gasteiger partial charge in [0.1, 0.15) is 0 Å². The van der Waals surface area contributed by atoms with Crippen LogP contribution in [0.3, 0.4) is 0 Å². The Labute approximate surface area is 155 Å². The molecule has 0 bridgehead atoms. The summed E-state index contributed by atoms with van der Waals surface area (Å²) < 4.78 is 0. The molecule has 0 spiro atoms. The van der Waals surface area contributed by atoms with Crippen LogP contribution in [0, 0.1) is 0 Å². The first-order valence-electron chi connectivity index (χ1n) is 9.13.